The maximum absolute atomic E-state index is 12.6. The Kier molecular flexibility index (Phi) is 7.31. The summed E-state index contributed by atoms with van der Waals surface area (Å²) in [5, 5.41) is 0. The lowest BCUT2D eigenvalue weighted by atomic mass is 9.99. The predicted molar refractivity (Wildman–Crippen MR) is 94.1 cm³/mol. The molecule has 2 rings (SSSR count). The zero-order valence-corrected chi connectivity index (χ0v) is 15.4. The van der Waals surface area contributed by atoms with Gasteiger partial charge in [-0.2, -0.15) is 0 Å². The molecule has 138 valence electrons. The molecule has 25 heavy (non-hydrogen) atoms. The van der Waals surface area contributed by atoms with Crippen molar-refractivity contribution in [1.82, 2.24) is 19.8 Å². The third kappa shape index (κ3) is 5.77. The number of rotatable bonds is 7. The predicted octanol–water partition coefficient (Wildman–Crippen LogP) is 1.52. The van der Waals surface area contributed by atoms with E-state index in [9.17, 15) is 9.59 Å². The Bertz CT molecular complexity index is 568. The van der Waals surface area contributed by atoms with Crippen LogP contribution in [-0.2, 0) is 9.53 Å². The molecule has 7 heteroatoms. The number of ether oxygens (including phenoxy) is 1. The van der Waals surface area contributed by atoms with Crippen LogP contribution >= 0.6 is 0 Å². The van der Waals surface area contributed by atoms with E-state index in [0.29, 0.717) is 37.7 Å². The highest BCUT2D eigenvalue weighted by Crippen LogP contribution is 2.16. The van der Waals surface area contributed by atoms with Gasteiger partial charge in [0.05, 0.1) is 18.5 Å². The number of amides is 2. The number of hydrogen-bond acceptors (Lipinski definition) is 5. The number of piperidine rings is 1. The average Bonchev–Trinajstić information content (AvgIpc) is 2.62. The standard InChI is InChI=1S/C18H28N4O3/c1-14-4-7-21(8-5-14)17(23)6-9-22(10-11-25-3)18(24)16-13-19-15(2)12-20-16/h12-14H,4-11H2,1-3H3. The summed E-state index contributed by atoms with van der Waals surface area (Å²) in [5.41, 5.74) is 1.05. The van der Waals surface area contributed by atoms with Crippen LogP contribution in [0.3, 0.4) is 0 Å². The number of methoxy groups -OCH3 is 1. The van der Waals surface area contributed by atoms with E-state index in [1.807, 2.05) is 11.8 Å². The Hall–Kier alpha value is -2.02. The van der Waals surface area contributed by atoms with Crippen LogP contribution in [0, 0.1) is 12.8 Å². The first-order valence-corrected chi connectivity index (χ1v) is 8.86. The molecule has 2 amide bonds. The maximum Gasteiger partial charge on any atom is 0.274 e. The Balaban J connectivity index is 1.93. The van der Waals surface area contributed by atoms with E-state index in [1.54, 1.807) is 18.2 Å². The number of carbonyl (C=O) groups is 2. The highest BCUT2D eigenvalue weighted by molar-refractivity contribution is 5.92. The fourth-order valence-corrected chi connectivity index (χ4v) is 2.83. The van der Waals surface area contributed by atoms with Gasteiger partial charge in [0.25, 0.3) is 5.91 Å². The summed E-state index contributed by atoms with van der Waals surface area (Å²) >= 11 is 0. The highest BCUT2D eigenvalue weighted by atomic mass is 16.5. The number of aromatic nitrogens is 2. The maximum atomic E-state index is 12.6. The lowest BCUT2D eigenvalue weighted by Crippen LogP contribution is -2.41. The molecule has 7 nitrogen and oxygen atoms in total. The molecule has 0 bridgehead atoms. The number of carbonyl (C=O) groups excluding carboxylic acids is 2. The van der Waals surface area contributed by atoms with Gasteiger partial charge in [0, 0.05) is 45.9 Å². The summed E-state index contributed by atoms with van der Waals surface area (Å²) in [4.78, 5) is 36.8. The molecule has 0 radical (unpaired) electrons. The summed E-state index contributed by atoms with van der Waals surface area (Å²) < 4.78 is 5.09. The van der Waals surface area contributed by atoms with Crippen LogP contribution in [0.1, 0.15) is 42.4 Å². The monoisotopic (exact) mass is 348 g/mol. The summed E-state index contributed by atoms with van der Waals surface area (Å²) in [6, 6.07) is 0. The largest absolute Gasteiger partial charge is 0.383 e. The Morgan fingerprint density at radius 2 is 1.96 bits per heavy atom. The second-order valence-electron chi connectivity index (χ2n) is 6.64. The Labute approximate surface area is 149 Å². The summed E-state index contributed by atoms with van der Waals surface area (Å²) in [5.74, 6) is 0.575. The molecule has 0 aromatic carbocycles. The molecular weight excluding hydrogens is 320 g/mol. The second-order valence-corrected chi connectivity index (χ2v) is 6.64. The molecule has 1 fully saturated rings. The van der Waals surface area contributed by atoms with E-state index in [2.05, 4.69) is 16.9 Å². The Morgan fingerprint density at radius 3 is 2.56 bits per heavy atom. The molecule has 0 unspecified atom stereocenters. The van der Waals surface area contributed by atoms with Crippen molar-refractivity contribution in [1.29, 1.82) is 0 Å². The van der Waals surface area contributed by atoms with Gasteiger partial charge in [-0.15, -0.1) is 0 Å². The molecule has 1 aromatic heterocycles. The van der Waals surface area contributed by atoms with E-state index in [0.717, 1.165) is 31.6 Å². The van der Waals surface area contributed by atoms with Gasteiger partial charge in [-0.1, -0.05) is 6.92 Å². The van der Waals surface area contributed by atoms with Crippen molar-refractivity contribution in [3.8, 4) is 0 Å². The molecule has 0 spiro atoms. The van der Waals surface area contributed by atoms with E-state index < -0.39 is 0 Å². The number of nitrogens with zero attached hydrogens (tertiary/aromatic N) is 4. The molecule has 1 saturated heterocycles. The molecule has 0 N–H and O–H groups in total. The van der Waals surface area contributed by atoms with Gasteiger partial charge in [-0.3, -0.25) is 14.6 Å². The lowest BCUT2D eigenvalue weighted by Gasteiger charge is -2.31. The van der Waals surface area contributed by atoms with Crippen molar-refractivity contribution in [3.05, 3.63) is 23.8 Å². The van der Waals surface area contributed by atoms with E-state index in [-0.39, 0.29) is 11.8 Å². The molecule has 2 heterocycles. The molecule has 0 atom stereocenters. The van der Waals surface area contributed by atoms with Crippen molar-refractivity contribution in [2.75, 3.05) is 39.9 Å². The van der Waals surface area contributed by atoms with Crippen LogP contribution in [-0.4, -0.2) is 71.5 Å². The summed E-state index contributed by atoms with van der Waals surface area (Å²) in [6.45, 7) is 6.88. The highest BCUT2D eigenvalue weighted by Gasteiger charge is 2.23. The van der Waals surface area contributed by atoms with Crippen molar-refractivity contribution >= 4 is 11.8 Å². The average molecular weight is 348 g/mol. The number of hydrogen-bond donors (Lipinski definition) is 0. The van der Waals surface area contributed by atoms with Crippen LogP contribution < -0.4 is 0 Å². The zero-order chi connectivity index (χ0) is 18.2. The van der Waals surface area contributed by atoms with Gasteiger partial charge in [0.1, 0.15) is 5.69 Å². The number of likely N-dealkylation sites (tertiary alicyclic amines) is 1. The quantitative estimate of drug-likeness (QED) is 0.747. The van der Waals surface area contributed by atoms with E-state index >= 15 is 0 Å². The van der Waals surface area contributed by atoms with Crippen molar-refractivity contribution in [2.24, 2.45) is 5.92 Å². The molecule has 0 aliphatic carbocycles. The zero-order valence-electron chi connectivity index (χ0n) is 15.4. The van der Waals surface area contributed by atoms with Gasteiger partial charge >= 0.3 is 0 Å². The van der Waals surface area contributed by atoms with E-state index in [4.69, 9.17) is 4.74 Å². The van der Waals surface area contributed by atoms with Gasteiger partial charge in [-0.05, 0) is 25.7 Å². The minimum absolute atomic E-state index is 0.108. The fraction of sp³-hybridized carbons (Fsp3) is 0.667. The van der Waals surface area contributed by atoms with Crippen molar-refractivity contribution in [3.63, 3.8) is 0 Å². The van der Waals surface area contributed by atoms with Crippen LogP contribution in [0.5, 0.6) is 0 Å². The lowest BCUT2D eigenvalue weighted by molar-refractivity contribution is -0.132. The van der Waals surface area contributed by atoms with Gasteiger partial charge < -0.3 is 14.5 Å². The first-order chi connectivity index (χ1) is 12.0. The van der Waals surface area contributed by atoms with Gasteiger partial charge in [-0.25, -0.2) is 4.98 Å². The topological polar surface area (TPSA) is 75.6 Å². The van der Waals surface area contributed by atoms with Crippen LogP contribution in [0.4, 0.5) is 0 Å². The molecule has 1 aliphatic heterocycles. The third-order valence-electron chi connectivity index (χ3n) is 4.58. The first-order valence-electron chi connectivity index (χ1n) is 8.86. The van der Waals surface area contributed by atoms with Crippen LogP contribution in [0.25, 0.3) is 0 Å². The van der Waals surface area contributed by atoms with E-state index in [1.165, 1.54) is 6.20 Å². The molecule has 1 aromatic rings. The summed E-state index contributed by atoms with van der Waals surface area (Å²) in [6.07, 6.45) is 5.48. The van der Waals surface area contributed by atoms with Crippen molar-refractivity contribution in [2.45, 2.75) is 33.1 Å². The Morgan fingerprint density at radius 1 is 1.24 bits per heavy atom. The van der Waals surface area contributed by atoms with Crippen LogP contribution in [0.2, 0.25) is 0 Å². The fourth-order valence-electron chi connectivity index (χ4n) is 2.83. The molecule has 0 saturated carbocycles. The van der Waals surface area contributed by atoms with Crippen LogP contribution in [0.15, 0.2) is 12.4 Å². The van der Waals surface area contributed by atoms with Gasteiger partial charge in [0.15, 0.2) is 0 Å². The smallest absolute Gasteiger partial charge is 0.274 e. The molecule has 1 aliphatic rings. The number of aryl methyl sites for hydroxylation is 1. The second kappa shape index (κ2) is 9.46. The SMILES string of the molecule is COCCN(CCC(=O)N1CCC(C)CC1)C(=O)c1cnc(C)cn1. The first kappa shape index (κ1) is 19.3. The molecular formula is C18H28N4O3. The van der Waals surface area contributed by atoms with Crippen molar-refractivity contribution < 1.29 is 14.3 Å². The normalized spacial score (nSPS) is 15.2. The minimum atomic E-state index is -0.218. The summed E-state index contributed by atoms with van der Waals surface area (Å²) in [7, 11) is 1.59. The van der Waals surface area contributed by atoms with Gasteiger partial charge in [0.2, 0.25) is 5.91 Å². The third-order valence-corrected chi connectivity index (χ3v) is 4.58. The minimum Gasteiger partial charge on any atom is -0.383 e.